The van der Waals surface area contributed by atoms with Crippen molar-refractivity contribution in [1.82, 2.24) is 14.6 Å². The molecular formula is C13H10ClN5S. The van der Waals surface area contributed by atoms with Crippen LogP contribution in [0, 0.1) is 5.41 Å². The molecule has 0 aliphatic carbocycles. The molecule has 100 valence electrons. The highest BCUT2D eigenvalue weighted by atomic mass is 35.5. The monoisotopic (exact) mass is 303 g/mol. The van der Waals surface area contributed by atoms with Gasteiger partial charge in [-0.05, 0) is 36.0 Å². The molecule has 0 aliphatic rings. The van der Waals surface area contributed by atoms with Gasteiger partial charge in [0.05, 0.1) is 5.02 Å². The molecule has 0 saturated carbocycles. The number of nitrogens with two attached hydrogens (primary N) is 1. The Bertz CT molecular complexity index is 798. The molecule has 0 unspecified atom stereocenters. The van der Waals surface area contributed by atoms with E-state index in [-0.39, 0.29) is 5.84 Å². The van der Waals surface area contributed by atoms with Crippen molar-refractivity contribution in [2.24, 2.45) is 5.73 Å². The molecule has 20 heavy (non-hydrogen) atoms. The lowest BCUT2D eigenvalue weighted by molar-refractivity contribution is 0.921. The maximum absolute atomic E-state index is 7.39. The number of nitrogens with one attached hydrogen (secondary N) is 1. The summed E-state index contributed by atoms with van der Waals surface area (Å²) in [6.45, 7) is 0. The lowest BCUT2D eigenvalue weighted by Crippen LogP contribution is -2.10. The molecule has 5 nitrogen and oxygen atoms in total. The molecule has 0 spiro atoms. The first-order valence-corrected chi connectivity index (χ1v) is 6.96. The average molecular weight is 304 g/mol. The maximum atomic E-state index is 7.39. The van der Waals surface area contributed by atoms with Crippen LogP contribution in [0.25, 0.3) is 5.65 Å². The van der Waals surface area contributed by atoms with Gasteiger partial charge in [-0.1, -0.05) is 23.7 Å². The van der Waals surface area contributed by atoms with Crippen LogP contribution in [-0.2, 0) is 0 Å². The third kappa shape index (κ3) is 2.35. The van der Waals surface area contributed by atoms with Crippen molar-refractivity contribution in [3.63, 3.8) is 0 Å². The standard InChI is InChI=1S/C13H10ClN5S/c14-9-7-8(12(15)16)4-5-10(9)20-13-18-17-11-3-1-2-6-19(11)13/h1-7H,(H3,15,16). The summed E-state index contributed by atoms with van der Waals surface area (Å²) in [5.74, 6) is -0.00335. The fourth-order valence-corrected chi connectivity index (χ4v) is 2.86. The molecular weight excluding hydrogens is 294 g/mol. The summed E-state index contributed by atoms with van der Waals surface area (Å²) < 4.78 is 1.89. The zero-order chi connectivity index (χ0) is 14.1. The van der Waals surface area contributed by atoms with Crippen LogP contribution in [0.1, 0.15) is 5.56 Å². The van der Waals surface area contributed by atoms with Gasteiger partial charge < -0.3 is 5.73 Å². The first-order chi connectivity index (χ1) is 9.65. The van der Waals surface area contributed by atoms with E-state index < -0.39 is 0 Å². The Morgan fingerprint density at radius 1 is 1.25 bits per heavy atom. The first-order valence-electron chi connectivity index (χ1n) is 5.77. The topological polar surface area (TPSA) is 80.1 Å². The lowest BCUT2D eigenvalue weighted by Gasteiger charge is -2.05. The van der Waals surface area contributed by atoms with E-state index in [0.717, 1.165) is 15.7 Å². The van der Waals surface area contributed by atoms with Gasteiger partial charge >= 0.3 is 0 Å². The number of amidine groups is 1. The summed E-state index contributed by atoms with van der Waals surface area (Å²) in [4.78, 5) is 0.842. The van der Waals surface area contributed by atoms with Crippen LogP contribution in [0.2, 0.25) is 5.02 Å². The molecule has 0 aliphatic heterocycles. The van der Waals surface area contributed by atoms with E-state index >= 15 is 0 Å². The molecule has 7 heteroatoms. The number of nitrogens with zero attached hydrogens (tertiary/aromatic N) is 3. The zero-order valence-electron chi connectivity index (χ0n) is 10.2. The minimum Gasteiger partial charge on any atom is -0.384 e. The van der Waals surface area contributed by atoms with E-state index in [1.807, 2.05) is 34.9 Å². The smallest absolute Gasteiger partial charge is 0.200 e. The predicted octanol–water partition coefficient (Wildman–Crippen LogP) is 2.82. The lowest BCUT2D eigenvalue weighted by atomic mass is 10.2. The van der Waals surface area contributed by atoms with Gasteiger partial charge in [-0.15, -0.1) is 10.2 Å². The van der Waals surface area contributed by atoms with Crippen molar-refractivity contribution in [2.75, 3.05) is 0 Å². The number of benzene rings is 1. The number of hydrogen-bond acceptors (Lipinski definition) is 4. The van der Waals surface area contributed by atoms with E-state index in [0.29, 0.717) is 10.6 Å². The van der Waals surface area contributed by atoms with Gasteiger partial charge in [0.15, 0.2) is 10.8 Å². The summed E-state index contributed by atoms with van der Waals surface area (Å²) in [5, 5.41) is 16.9. The number of hydrogen-bond donors (Lipinski definition) is 2. The first kappa shape index (κ1) is 13.0. The Balaban J connectivity index is 1.97. The molecule has 3 rings (SSSR count). The molecule has 2 heterocycles. The summed E-state index contributed by atoms with van der Waals surface area (Å²) in [6.07, 6.45) is 1.90. The van der Waals surface area contributed by atoms with Crippen LogP contribution in [0.15, 0.2) is 52.6 Å². The van der Waals surface area contributed by atoms with E-state index in [1.54, 1.807) is 12.1 Å². The van der Waals surface area contributed by atoms with Crippen molar-refractivity contribution in [3.05, 3.63) is 53.2 Å². The van der Waals surface area contributed by atoms with Gasteiger partial charge in [-0.2, -0.15) is 0 Å². The van der Waals surface area contributed by atoms with Crippen molar-refractivity contribution >= 4 is 34.8 Å². The summed E-state index contributed by atoms with van der Waals surface area (Å²) >= 11 is 7.63. The van der Waals surface area contributed by atoms with Crippen LogP contribution in [0.4, 0.5) is 0 Å². The minimum absolute atomic E-state index is 0.00335. The van der Waals surface area contributed by atoms with E-state index in [4.69, 9.17) is 22.7 Å². The molecule has 0 amide bonds. The van der Waals surface area contributed by atoms with Gasteiger partial charge in [0.1, 0.15) is 5.84 Å². The van der Waals surface area contributed by atoms with E-state index in [2.05, 4.69) is 10.2 Å². The summed E-state index contributed by atoms with van der Waals surface area (Å²) in [5.41, 5.74) is 6.82. The third-order valence-corrected chi connectivity index (χ3v) is 4.19. The van der Waals surface area contributed by atoms with Crippen LogP contribution in [0.5, 0.6) is 0 Å². The average Bonchev–Trinajstić information content (AvgIpc) is 2.84. The van der Waals surface area contributed by atoms with Crippen LogP contribution in [-0.4, -0.2) is 20.4 Å². The normalized spacial score (nSPS) is 10.8. The quantitative estimate of drug-likeness (QED) is 0.576. The molecule has 0 radical (unpaired) electrons. The van der Waals surface area contributed by atoms with Gasteiger partial charge in [0.25, 0.3) is 0 Å². The van der Waals surface area contributed by atoms with Gasteiger partial charge in [0.2, 0.25) is 0 Å². The Hall–Kier alpha value is -2.05. The zero-order valence-corrected chi connectivity index (χ0v) is 11.8. The minimum atomic E-state index is -0.00335. The van der Waals surface area contributed by atoms with Crippen molar-refractivity contribution in [2.45, 2.75) is 10.1 Å². The van der Waals surface area contributed by atoms with Crippen molar-refractivity contribution in [3.8, 4) is 0 Å². The number of fused-ring (bicyclic) bond motifs is 1. The molecule has 2 aromatic heterocycles. The second-order valence-electron chi connectivity index (χ2n) is 4.07. The fraction of sp³-hybridized carbons (Fsp3) is 0. The van der Waals surface area contributed by atoms with Crippen LogP contribution >= 0.6 is 23.4 Å². The second-order valence-corrected chi connectivity index (χ2v) is 5.49. The molecule has 0 fully saturated rings. The molecule has 3 N–H and O–H groups in total. The molecule has 3 aromatic rings. The SMILES string of the molecule is N=C(N)c1ccc(Sc2nnc3ccccn23)c(Cl)c1. The van der Waals surface area contributed by atoms with Crippen LogP contribution in [0.3, 0.4) is 0 Å². The molecule has 1 aromatic carbocycles. The van der Waals surface area contributed by atoms with Crippen molar-refractivity contribution in [1.29, 1.82) is 5.41 Å². The number of halogens is 1. The highest BCUT2D eigenvalue weighted by Gasteiger charge is 2.10. The third-order valence-electron chi connectivity index (χ3n) is 2.73. The maximum Gasteiger partial charge on any atom is 0.200 e. The Morgan fingerprint density at radius 2 is 2.10 bits per heavy atom. The van der Waals surface area contributed by atoms with Gasteiger partial charge in [0, 0.05) is 16.7 Å². The Kier molecular flexibility index (Phi) is 3.33. The fourth-order valence-electron chi connectivity index (χ4n) is 1.74. The number of nitrogen functional groups attached to an aromatic ring is 1. The molecule has 0 saturated heterocycles. The number of rotatable bonds is 3. The largest absolute Gasteiger partial charge is 0.384 e. The summed E-state index contributed by atoms with van der Waals surface area (Å²) in [6, 6.07) is 11.0. The highest BCUT2D eigenvalue weighted by Crippen LogP contribution is 2.32. The van der Waals surface area contributed by atoms with Crippen molar-refractivity contribution < 1.29 is 0 Å². The van der Waals surface area contributed by atoms with Crippen LogP contribution < -0.4 is 5.73 Å². The Morgan fingerprint density at radius 3 is 2.85 bits per heavy atom. The van der Waals surface area contributed by atoms with Gasteiger partial charge in [-0.25, -0.2) is 0 Å². The van der Waals surface area contributed by atoms with E-state index in [1.165, 1.54) is 11.8 Å². The Labute approximate surface area is 124 Å². The molecule has 0 atom stereocenters. The predicted molar refractivity (Wildman–Crippen MR) is 79.6 cm³/mol. The van der Waals surface area contributed by atoms with Gasteiger partial charge in [-0.3, -0.25) is 9.81 Å². The number of pyridine rings is 1. The summed E-state index contributed by atoms with van der Waals surface area (Å²) in [7, 11) is 0. The second kappa shape index (κ2) is 5.15. The van der Waals surface area contributed by atoms with E-state index in [9.17, 15) is 0 Å². The molecule has 0 bridgehead atoms. The number of aromatic nitrogens is 3. The highest BCUT2D eigenvalue weighted by molar-refractivity contribution is 7.99.